The van der Waals surface area contributed by atoms with E-state index >= 15 is 0 Å². The van der Waals surface area contributed by atoms with E-state index in [4.69, 9.17) is 5.26 Å². The normalized spacial score (nSPS) is 11.1. The second-order valence-electron chi connectivity index (χ2n) is 3.68. The Hall–Kier alpha value is -1.42. The maximum atomic E-state index is 10.7. The summed E-state index contributed by atoms with van der Waals surface area (Å²) in [4.78, 5) is 0. The highest BCUT2D eigenvalue weighted by Gasteiger charge is 1.96. The van der Waals surface area contributed by atoms with Crippen molar-refractivity contribution in [2.24, 2.45) is 0 Å². The molecule has 0 unspecified atom stereocenters. The van der Waals surface area contributed by atoms with Gasteiger partial charge in [-0.1, -0.05) is 18.7 Å². The maximum absolute atomic E-state index is 10.7. The summed E-state index contributed by atoms with van der Waals surface area (Å²) in [5.74, 6) is 0. The van der Waals surface area contributed by atoms with E-state index in [1.165, 1.54) is 0 Å². The molecule has 0 aliphatic rings. The zero-order chi connectivity index (χ0) is 12.7. The molecule has 1 aromatic rings. The summed E-state index contributed by atoms with van der Waals surface area (Å²) in [6, 6.07) is 9.42. The van der Waals surface area contributed by atoms with Gasteiger partial charge in [-0.25, -0.2) is 8.42 Å². The fourth-order valence-electron chi connectivity index (χ4n) is 1.35. The zero-order valence-electron chi connectivity index (χ0n) is 9.63. The Bertz CT molecular complexity index is 506. The van der Waals surface area contributed by atoms with Gasteiger partial charge in [0.15, 0.2) is 0 Å². The minimum Gasteiger partial charge on any atom is -0.545 e. The third-order valence-electron chi connectivity index (χ3n) is 2.10. The molecule has 0 aliphatic heterocycles. The van der Waals surface area contributed by atoms with Crippen LogP contribution in [0.5, 0.6) is 0 Å². The number of benzene rings is 1. The Kier molecular flexibility index (Phi) is 5.10. The molecule has 0 amide bonds. The Labute approximate surface area is 102 Å². The zero-order valence-corrected chi connectivity index (χ0v) is 10.4. The summed E-state index contributed by atoms with van der Waals surface area (Å²) in [6.07, 6.45) is 1.09. The predicted molar refractivity (Wildman–Crippen MR) is 64.7 cm³/mol. The molecule has 0 fully saturated rings. The Morgan fingerprint density at radius 2 is 2.24 bits per heavy atom. The summed E-state index contributed by atoms with van der Waals surface area (Å²) in [5, 5.41) is 10.7. The molecule has 6 heteroatoms. The van der Waals surface area contributed by atoms with Gasteiger partial charge in [0.1, 0.15) is 6.54 Å². The van der Waals surface area contributed by atoms with E-state index in [9.17, 15) is 8.42 Å². The van der Waals surface area contributed by atoms with Gasteiger partial charge in [-0.15, -0.1) is 0 Å². The molecular formula is C11H15N3O2S. The van der Waals surface area contributed by atoms with Gasteiger partial charge in [-0.05, 0) is 12.1 Å². The van der Waals surface area contributed by atoms with Crippen molar-refractivity contribution >= 4 is 10.0 Å². The highest BCUT2D eigenvalue weighted by Crippen LogP contribution is 2.02. The standard InChI is InChI=1S/C11H14N3O2S/c1-17(15,16)14-6-5-13-9-11-4-2-3-10(7-11)8-12/h2-4,7,13H,5-6,9H2,1H3/q-1/p+1. The molecule has 17 heavy (non-hydrogen) atoms. The van der Waals surface area contributed by atoms with Crippen molar-refractivity contribution in [2.75, 3.05) is 19.3 Å². The number of sulfonamides is 1. The SMILES string of the molecule is CS(=O)(=O)[N-]CC[NH2+]Cc1cccc(C#N)c1. The molecule has 92 valence electrons. The van der Waals surface area contributed by atoms with Gasteiger partial charge in [0.25, 0.3) is 0 Å². The molecule has 5 nitrogen and oxygen atoms in total. The third-order valence-corrected chi connectivity index (χ3v) is 2.75. The lowest BCUT2D eigenvalue weighted by Gasteiger charge is -2.14. The van der Waals surface area contributed by atoms with Crippen molar-refractivity contribution in [1.29, 1.82) is 5.26 Å². The average molecular weight is 253 g/mol. The van der Waals surface area contributed by atoms with E-state index in [1.54, 1.807) is 6.07 Å². The fourth-order valence-corrected chi connectivity index (χ4v) is 1.78. The molecule has 0 saturated heterocycles. The van der Waals surface area contributed by atoms with Crippen LogP contribution in [0.2, 0.25) is 0 Å². The third kappa shape index (κ3) is 6.02. The van der Waals surface area contributed by atoms with Gasteiger partial charge in [0.2, 0.25) is 0 Å². The highest BCUT2D eigenvalue weighted by atomic mass is 32.2. The first-order valence-corrected chi connectivity index (χ1v) is 7.05. The van der Waals surface area contributed by atoms with Crippen LogP contribution in [-0.2, 0) is 16.6 Å². The second-order valence-corrected chi connectivity index (χ2v) is 5.40. The van der Waals surface area contributed by atoms with Crippen LogP contribution in [0.1, 0.15) is 11.1 Å². The van der Waals surface area contributed by atoms with Crippen LogP contribution in [-0.4, -0.2) is 27.8 Å². The Morgan fingerprint density at radius 3 is 2.88 bits per heavy atom. The first-order chi connectivity index (χ1) is 8.01. The van der Waals surface area contributed by atoms with E-state index in [2.05, 4.69) is 10.8 Å². The minimum absolute atomic E-state index is 0.288. The molecule has 1 rings (SSSR count). The molecule has 0 radical (unpaired) electrons. The lowest BCUT2D eigenvalue weighted by molar-refractivity contribution is -0.667. The predicted octanol–water partition coefficient (Wildman–Crippen LogP) is -0.0450. The smallest absolute Gasteiger partial charge is 0.101 e. The maximum Gasteiger partial charge on any atom is 0.101 e. The molecule has 0 aliphatic carbocycles. The van der Waals surface area contributed by atoms with E-state index in [0.29, 0.717) is 12.1 Å². The van der Waals surface area contributed by atoms with Crippen LogP contribution >= 0.6 is 0 Å². The van der Waals surface area contributed by atoms with Crippen molar-refractivity contribution in [1.82, 2.24) is 0 Å². The number of nitriles is 1. The molecule has 0 aromatic heterocycles. The summed E-state index contributed by atoms with van der Waals surface area (Å²) in [5.41, 5.74) is 1.68. The second kappa shape index (κ2) is 6.35. The number of hydrogen-bond acceptors (Lipinski definition) is 3. The lowest BCUT2D eigenvalue weighted by atomic mass is 10.1. The van der Waals surface area contributed by atoms with E-state index < -0.39 is 10.0 Å². The summed E-state index contributed by atoms with van der Waals surface area (Å²) in [6.45, 7) is 1.62. The Balaban J connectivity index is 2.29. The van der Waals surface area contributed by atoms with Gasteiger partial charge in [-0.2, -0.15) is 5.26 Å². The molecular weight excluding hydrogens is 238 g/mol. The number of rotatable bonds is 6. The average Bonchev–Trinajstić information content (AvgIpc) is 2.27. The number of quaternary nitrogens is 1. The number of nitrogens with two attached hydrogens (primary N) is 1. The van der Waals surface area contributed by atoms with E-state index in [-0.39, 0.29) is 6.54 Å². The first kappa shape index (κ1) is 13.6. The van der Waals surface area contributed by atoms with Crippen LogP contribution in [0.15, 0.2) is 24.3 Å². The monoisotopic (exact) mass is 253 g/mol. The van der Waals surface area contributed by atoms with Gasteiger partial charge in [0, 0.05) is 11.8 Å². The lowest BCUT2D eigenvalue weighted by Crippen LogP contribution is -2.83. The summed E-state index contributed by atoms with van der Waals surface area (Å²) < 4.78 is 25.0. The topological polar surface area (TPSA) is 88.6 Å². The molecule has 2 N–H and O–H groups in total. The number of nitrogens with zero attached hydrogens (tertiary/aromatic N) is 2. The molecule has 0 heterocycles. The van der Waals surface area contributed by atoms with Gasteiger partial charge in [-0.3, -0.25) is 0 Å². The minimum atomic E-state index is -3.22. The molecule has 0 spiro atoms. The highest BCUT2D eigenvalue weighted by molar-refractivity contribution is 7.93. The van der Waals surface area contributed by atoms with Crippen molar-refractivity contribution in [3.63, 3.8) is 0 Å². The van der Waals surface area contributed by atoms with Gasteiger partial charge in [0.05, 0.1) is 28.2 Å². The van der Waals surface area contributed by atoms with E-state index in [0.717, 1.165) is 18.4 Å². The molecule has 0 saturated carbocycles. The van der Waals surface area contributed by atoms with Crippen LogP contribution in [0.25, 0.3) is 4.72 Å². The van der Waals surface area contributed by atoms with Crippen molar-refractivity contribution in [2.45, 2.75) is 6.54 Å². The van der Waals surface area contributed by atoms with Gasteiger partial charge >= 0.3 is 0 Å². The molecule has 0 atom stereocenters. The van der Waals surface area contributed by atoms with Crippen LogP contribution in [0, 0.1) is 11.3 Å². The fraction of sp³-hybridized carbons (Fsp3) is 0.364. The van der Waals surface area contributed by atoms with Crippen LogP contribution in [0.3, 0.4) is 0 Å². The summed E-state index contributed by atoms with van der Waals surface area (Å²) >= 11 is 0. The van der Waals surface area contributed by atoms with Crippen LogP contribution < -0.4 is 5.32 Å². The quantitative estimate of drug-likeness (QED) is 0.721. The Morgan fingerprint density at radius 1 is 1.47 bits per heavy atom. The van der Waals surface area contributed by atoms with Crippen molar-refractivity contribution in [3.8, 4) is 6.07 Å². The number of hydrogen-bond donors (Lipinski definition) is 1. The van der Waals surface area contributed by atoms with Crippen molar-refractivity contribution in [3.05, 3.63) is 40.1 Å². The molecule has 0 bridgehead atoms. The van der Waals surface area contributed by atoms with Gasteiger partial charge < -0.3 is 10.0 Å². The van der Waals surface area contributed by atoms with E-state index in [1.807, 2.05) is 23.5 Å². The largest absolute Gasteiger partial charge is 0.545 e. The van der Waals surface area contributed by atoms with Crippen LogP contribution in [0.4, 0.5) is 0 Å². The first-order valence-electron chi connectivity index (χ1n) is 5.21. The van der Waals surface area contributed by atoms with Crippen molar-refractivity contribution < 1.29 is 13.7 Å². The molecule has 1 aromatic carbocycles. The summed E-state index contributed by atoms with van der Waals surface area (Å²) in [7, 11) is -3.22.